The summed E-state index contributed by atoms with van der Waals surface area (Å²) in [4.78, 5) is 13.9. The summed E-state index contributed by atoms with van der Waals surface area (Å²) in [5.41, 5.74) is 0.291. The van der Waals surface area contributed by atoms with E-state index in [-0.39, 0.29) is 11.9 Å². The van der Waals surface area contributed by atoms with Crippen molar-refractivity contribution in [3.8, 4) is 0 Å². The number of hydrogen-bond donors (Lipinski definition) is 0. The van der Waals surface area contributed by atoms with Crippen molar-refractivity contribution in [2.75, 3.05) is 26.7 Å². The lowest BCUT2D eigenvalue weighted by Gasteiger charge is -2.30. The Morgan fingerprint density at radius 3 is 3.07 bits per heavy atom. The fourth-order valence-corrected chi connectivity index (χ4v) is 2.77. The highest BCUT2D eigenvalue weighted by Gasteiger charge is 2.59. The predicted molar refractivity (Wildman–Crippen MR) is 53.9 cm³/mol. The predicted octanol–water partition coefficient (Wildman–Crippen LogP) is 1.28. The van der Waals surface area contributed by atoms with E-state index in [0.717, 1.165) is 13.0 Å². The van der Waals surface area contributed by atoms with Crippen LogP contribution in [0, 0.1) is 11.3 Å². The van der Waals surface area contributed by atoms with Gasteiger partial charge >= 0.3 is 5.97 Å². The van der Waals surface area contributed by atoms with Gasteiger partial charge in [-0.15, -0.1) is 0 Å². The fraction of sp³-hybridized carbons (Fsp3) is 0.909. The quantitative estimate of drug-likeness (QED) is 0.625. The van der Waals surface area contributed by atoms with Crippen molar-refractivity contribution >= 4 is 5.97 Å². The lowest BCUT2D eigenvalue weighted by Crippen LogP contribution is -2.35. The molecular weight excluding hydrogens is 178 g/mol. The molecule has 80 valence electrons. The van der Waals surface area contributed by atoms with Crippen molar-refractivity contribution in [2.24, 2.45) is 11.3 Å². The van der Waals surface area contributed by atoms with E-state index >= 15 is 0 Å². The number of carbonyl (C=O) groups is 1. The third-order valence-electron chi connectivity index (χ3n) is 3.56. The molecule has 0 amide bonds. The first kappa shape index (κ1) is 9.97. The molecule has 14 heavy (non-hydrogen) atoms. The molecule has 1 aliphatic heterocycles. The van der Waals surface area contributed by atoms with Crippen LogP contribution in [0.3, 0.4) is 0 Å². The maximum absolute atomic E-state index is 11.5. The summed E-state index contributed by atoms with van der Waals surface area (Å²) in [6, 6.07) is 0. The molecule has 3 nitrogen and oxygen atoms in total. The minimum Gasteiger partial charge on any atom is -0.466 e. The van der Waals surface area contributed by atoms with Crippen molar-refractivity contribution < 1.29 is 9.53 Å². The normalized spacial score (nSPS) is 37.1. The molecule has 0 bridgehead atoms. The van der Waals surface area contributed by atoms with Gasteiger partial charge in [0.1, 0.15) is 0 Å². The number of rotatable bonds is 2. The van der Waals surface area contributed by atoms with Gasteiger partial charge in [0.15, 0.2) is 0 Å². The molecule has 1 saturated heterocycles. The zero-order valence-corrected chi connectivity index (χ0v) is 9.08. The molecule has 0 radical (unpaired) electrons. The van der Waals surface area contributed by atoms with E-state index in [1.54, 1.807) is 0 Å². The van der Waals surface area contributed by atoms with Gasteiger partial charge < -0.3 is 9.64 Å². The average molecular weight is 197 g/mol. The Kier molecular flexibility index (Phi) is 2.52. The number of esters is 1. The first-order valence-electron chi connectivity index (χ1n) is 5.53. The SMILES string of the molecule is CCOC(=O)C1CC12CCCN(C)C2. The molecule has 0 aromatic carbocycles. The van der Waals surface area contributed by atoms with Crippen molar-refractivity contribution in [3.63, 3.8) is 0 Å². The summed E-state index contributed by atoms with van der Waals surface area (Å²) in [6.45, 7) is 4.65. The number of ether oxygens (including phenoxy) is 1. The van der Waals surface area contributed by atoms with E-state index in [1.807, 2.05) is 6.92 Å². The second kappa shape index (κ2) is 3.54. The Bertz CT molecular complexity index is 241. The van der Waals surface area contributed by atoms with Crippen molar-refractivity contribution in [2.45, 2.75) is 26.2 Å². The molecule has 2 rings (SSSR count). The molecule has 1 spiro atoms. The van der Waals surface area contributed by atoms with Gasteiger partial charge in [0.25, 0.3) is 0 Å². The molecule has 1 aliphatic carbocycles. The average Bonchev–Trinajstić information content (AvgIpc) is 2.79. The van der Waals surface area contributed by atoms with Crippen LogP contribution in [-0.2, 0) is 9.53 Å². The lowest BCUT2D eigenvalue weighted by atomic mass is 9.92. The van der Waals surface area contributed by atoms with Crippen LogP contribution in [0.2, 0.25) is 0 Å². The summed E-state index contributed by atoms with van der Waals surface area (Å²) in [6.07, 6.45) is 3.49. The highest BCUT2D eigenvalue weighted by Crippen LogP contribution is 2.58. The Balaban J connectivity index is 1.91. The first-order chi connectivity index (χ1) is 6.68. The maximum Gasteiger partial charge on any atom is 0.309 e. The Morgan fingerprint density at radius 2 is 2.43 bits per heavy atom. The first-order valence-corrected chi connectivity index (χ1v) is 5.53. The molecule has 2 atom stereocenters. The summed E-state index contributed by atoms with van der Waals surface area (Å²) < 4.78 is 5.07. The molecule has 1 heterocycles. The Hall–Kier alpha value is -0.570. The molecule has 2 unspecified atom stereocenters. The van der Waals surface area contributed by atoms with Crippen LogP contribution < -0.4 is 0 Å². The molecule has 0 N–H and O–H groups in total. The van der Waals surface area contributed by atoms with Crippen LogP contribution in [0.5, 0.6) is 0 Å². The van der Waals surface area contributed by atoms with Crippen molar-refractivity contribution in [3.05, 3.63) is 0 Å². The Morgan fingerprint density at radius 1 is 1.64 bits per heavy atom. The Labute approximate surface area is 85.4 Å². The van der Waals surface area contributed by atoms with Crippen molar-refractivity contribution in [1.82, 2.24) is 4.90 Å². The number of nitrogens with zero attached hydrogens (tertiary/aromatic N) is 1. The van der Waals surface area contributed by atoms with Gasteiger partial charge in [-0.25, -0.2) is 0 Å². The van der Waals surface area contributed by atoms with Crippen LogP contribution in [0.1, 0.15) is 26.2 Å². The zero-order chi connectivity index (χ0) is 10.2. The molecule has 3 heteroatoms. The summed E-state index contributed by atoms with van der Waals surface area (Å²) >= 11 is 0. The third-order valence-corrected chi connectivity index (χ3v) is 3.56. The van der Waals surface area contributed by atoms with Crippen LogP contribution in [0.25, 0.3) is 0 Å². The molecule has 0 aromatic heterocycles. The molecule has 2 fully saturated rings. The van der Waals surface area contributed by atoms with Gasteiger partial charge in [0.05, 0.1) is 12.5 Å². The largest absolute Gasteiger partial charge is 0.466 e. The summed E-state index contributed by atoms with van der Waals surface area (Å²) in [5.74, 6) is 0.230. The minimum absolute atomic E-state index is 0.0304. The minimum atomic E-state index is 0.0304. The highest BCUT2D eigenvalue weighted by atomic mass is 16.5. The number of carbonyl (C=O) groups excluding carboxylic acids is 1. The van der Waals surface area contributed by atoms with Crippen LogP contribution in [-0.4, -0.2) is 37.6 Å². The number of likely N-dealkylation sites (tertiary alicyclic amines) is 1. The smallest absolute Gasteiger partial charge is 0.309 e. The van der Waals surface area contributed by atoms with Crippen molar-refractivity contribution in [1.29, 1.82) is 0 Å². The second-order valence-electron chi connectivity index (χ2n) is 4.71. The highest BCUT2D eigenvalue weighted by molar-refractivity contribution is 5.77. The monoisotopic (exact) mass is 197 g/mol. The third kappa shape index (κ3) is 1.65. The number of piperidine rings is 1. The van der Waals surface area contributed by atoms with Gasteiger partial charge in [-0.3, -0.25) is 4.79 Å². The summed E-state index contributed by atoms with van der Waals surface area (Å²) in [5, 5.41) is 0. The van der Waals surface area contributed by atoms with E-state index in [9.17, 15) is 4.79 Å². The number of hydrogen-bond acceptors (Lipinski definition) is 3. The van der Waals surface area contributed by atoms with E-state index in [0.29, 0.717) is 12.0 Å². The fourth-order valence-electron chi connectivity index (χ4n) is 2.77. The van der Waals surface area contributed by atoms with Gasteiger partial charge in [0.2, 0.25) is 0 Å². The van der Waals surface area contributed by atoms with Gasteiger partial charge in [0, 0.05) is 6.54 Å². The molecule has 1 saturated carbocycles. The van der Waals surface area contributed by atoms with Crippen LogP contribution >= 0.6 is 0 Å². The van der Waals surface area contributed by atoms with Gasteiger partial charge in [-0.05, 0) is 45.2 Å². The topological polar surface area (TPSA) is 29.5 Å². The van der Waals surface area contributed by atoms with E-state index in [4.69, 9.17) is 4.74 Å². The summed E-state index contributed by atoms with van der Waals surface area (Å²) in [7, 11) is 2.14. The maximum atomic E-state index is 11.5. The van der Waals surface area contributed by atoms with Gasteiger partial charge in [-0.1, -0.05) is 0 Å². The standard InChI is InChI=1S/C11H19NO2/c1-3-14-10(13)9-7-11(9)5-4-6-12(2)8-11/h9H,3-8H2,1-2H3. The van der Waals surface area contributed by atoms with E-state index in [2.05, 4.69) is 11.9 Å². The zero-order valence-electron chi connectivity index (χ0n) is 9.08. The lowest BCUT2D eigenvalue weighted by molar-refractivity contribution is -0.146. The van der Waals surface area contributed by atoms with E-state index < -0.39 is 0 Å². The van der Waals surface area contributed by atoms with E-state index in [1.165, 1.54) is 19.4 Å². The van der Waals surface area contributed by atoms with Gasteiger partial charge in [-0.2, -0.15) is 0 Å². The van der Waals surface area contributed by atoms with Crippen LogP contribution in [0.15, 0.2) is 0 Å². The molecular formula is C11H19NO2. The van der Waals surface area contributed by atoms with Crippen LogP contribution in [0.4, 0.5) is 0 Å². The molecule has 0 aromatic rings. The second-order valence-corrected chi connectivity index (χ2v) is 4.71. The molecule has 2 aliphatic rings.